The maximum atomic E-state index is 14.5. The molecule has 1 aromatic rings. The SMILES string of the molecule is C=CCOC(=O)CN1C(=O)[C@H]([C@@H](C)O[Si](C)(C)C(C)(C)C)[C@H]1[C@@H](C)C(=O)N1C(=O)c2ccccc2OC12CCCCC2. The number of likely N-dealkylation sites (tertiary alicyclic amines) is 1. The molecule has 4 rings (SSSR count). The quantitative estimate of drug-likeness (QED) is 0.164. The summed E-state index contributed by atoms with van der Waals surface area (Å²) in [5, 5.41) is -0.0858. The van der Waals surface area contributed by atoms with Crippen LogP contribution in [0.5, 0.6) is 5.75 Å². The Morgan fingerprint density at radius 3 is 2.40 bits per heavy atom. The normalized spacial score (nSPS) is 23.4. The van der Waals surface area contributed by atoms with Crippen LogP contribution in [0, 0.1) is 11.8 Å². The van der Waals surface area contributed by atoms with Crippen molar-refractivity contribution in [3.63, 3.8) is 0 Å². The van der Waals surface area contributed by atoms with Gasteiger partial charge in [-0.05, 0) is 50.0 Å². The van der Waals surface area contributed by atoms with Gasteiger partial charge in [0.25, 0.3) is 5.91 Å². The van der Waals surface area contributed by atoms with Crippen molar-refractivity contribution in [2.75, 3.05) is 13.2 Å². The molecule has 230 valence electrons. The van der Waals surface area contributed by atoms with E-state index in [1.807, 2.05) is 13.0 Å². The number of benzene rings is 1. The summed E-state index contributed by atoms with van der Waals surface area (Å²) in [6, 6.07) is 6.35. The fourth-order valence-electron chi connectivity index (χ4n) is 6.26. The van der Waals surface area contributed by atoms with Crippen molar-refractivity contribution >= 4 is 32.0 Å². The summed E-state index contributed by atoms with van der Waals surface area (Å²) in [4.78, 5) is 57.4. The maximum Gasteiger partial charge on any atom is 0.325 e. The standard InChI is InChI=1S/C32H46N2O7Si/c1-9-19-39-25(35)20-33-27(26(30(33)38)22(3)41-42(7,8)31(4,5)6)21(2)28(36)34-29(37)23-15-11-12-16-24(23)40-32(34)17-13-10-14-18-32/h9,11-12,15-16,21-22,26-27H,1,10,13-14,17-20H2,2-8H3/t21-,22-,26-,27-/m1/s1. The summed E-state index contributed by atoms with van der Waals surface area (Å²) in [6.45, 7) is 17.5. The van der Waals surface area contributed by atoms with Crippen LogP contribution < -0.4 is 4.74 Å². The van der Waals surface area contributed by atoms with Crippen molar-refractivity contribution in [3.05, 3.63) is 42.5 Å². The molecule has 2 aliphatic heterocycles. The van der Waals surface area contributed by atoms with Gasteiger partial charge in [-0.2, -0.15) is 0 Å². The highest BCUT2D eigenvalue weighted by Gasteiger charge is 2.59. The molecule has 10 heteroatoms. The molecule has 3 aliphatic rings. The van der Waals surface area contributed by atoms with E-state index in [1.165, 1.54) is 15.9 Å². The number of carbonyl (C=O) groups is 4. The number of carbonyl (C=O) groups excluding carboxylic acids is 4. The van der Waals surface area contributed by atoms with Crippen molar-refractivity contribution in [1.29, 1.82) is 0 Å². The second kappa shape index (κ2) is 12.0. The summed E-state index contributed by atoms with van der Waals surface area (Å²) in [5.41, 5.74) is -0.732. The van der Waals surface area contributed by atoms with E-state index in [9.17, 15) is 19.2 Å². The summed E-state index contributed by atoms with van der Waals surface area (Å²) in [5.74, 6) is -2.62. The summed E-state index contributed by atoms with van der Waals surface area (Å²) >= 11 is 0. The van der Waals surface area contributed by atoms with Crippen molar-refractivity contribution in [1.82, 2.24) is 9.80 Å². The number of hydrogen-bond donors (Lipinski definition) is 0. The fraction of sp³-hybridized carbons (Fsp3) is 0.625. The van der Waals surface area contributed by atoms with Crippen LogP contribution in [0.1, 0.15) is 77.1 Å². The van der Waals surface area contributed by atoms with E-state index >= 15 is 0 Å². The van der Waals surface area contributed by atoms with Crippen LogP contribution >= 0.6 is 0 Å². The van der Waals surface area contributed by atoms with E-state index in [2.05, 4.69) is 40.4 Å². The minimum atomic E-state index is -2.26. The van der Waals surface area contributed by atoms with Crippen LogP contribution in [0.3, 0.4) is 0 Å². The molecule has 0 aromatic heterocycles. The number of fused-ring (bicyclic) bond motifs is 1. The lowest BCUT2D eigenvalue weighted by molar-refractivity contribution is -0.180. The van der Waals surface area contributed by atoms with Gasteiger partial charge in [-0.1, -0.05) is 58.9 Å². The predicted molar refractivity (Wildman–Crippen MR) is 161 cm³/mol. The minimum Gasteiger partial charge on any atom is -0.467 e. The predicted octanol–water partition coefficient (Wildman–Crippen LogP) is 5.31. The Kier molecular flexibility index (Phi) is 9.09. The van der Waals surface area contributed by atoms with Crippen molar-refractivity contribution in [2.45, 2.75) is 103 Å². The molecule has 0 radical (unpaired) electrons. The largest absolute Gasteiger partial charge is 0.467 e. The van der Waals surface area contributed by atoms with Crippen LogP contribution in [-0.2, 0) is 23.5 Å². The Balaban J connectivity index is 1.68. The van der Waals surface area contributed by atoms with Gasteiger partial charge in [0, 0.05) is 12.8 Å². The topological polar surface area (TPSA) is 102 Å². The molecule has 1 spiro atoms. The van der Waals surface area contributed by atoms with Gasteiger partial charge in [0.1, 0.15) is 18.9 Å². The van der Waals surface area contributed by atoms with Crippen LogP contribution in [0.25, 0.3) is 0 Å². The number of amides is 3. The van der Waals surface area contributed by atoms with E-state index in [1.54, 1.807) is 25.1 Å². The first-order chi connectivity index (χ1) is 19.6. The van der Waals surface area contributed by atoms with Gasteiger partial charge in [-0.15, -0.1) is 0 Å². The summed E-state index contributed by atoms with van der Waals surface area (Å²) < 4.78 is 18.3. The summed E-state index contributed by atoms with van der Waals surface area (Å²) in [6.07, 6.45) is 4.72. The zero-order valence-corrected chi connectivity index (χ0v) is 27.1. The van der Waals surface area contributed by atoms with Crippen LogP contribution in [0.4, 0.5) is 0 Å². The first-order valence-electron chi connectivity index (χ1n) is 15.1. The lowest BCUT2D eigenvalue weighted by Crippen LogP contribution is -2.71. The molecule has 0 N–H and O–H groups in total. The van der Waals surface area contributed by atoms with Crippen molar-refractivity contribution < 1.29 is 33.1 Å². The van der Waals surface area contributed by atoms with Gasteiger partial charge in [0.2, 0.25) is 11.8 Å². The van der Waals surface area contributed by atoms with E-state index in [-0.39, 0.29) is 30.0 Å². The maximum absolute atomic E-state index is 14.5. The van der Waals surface area contributed by atoms with Crippen molar-refractivity contribution in [3.8, 4) is 5.75 Å². The monoisotopic (exact) mass is 598 g/mol. The third kappa shape index (κ3) is 5.80. The smallest absolute Gasteiger partial charge is 0.325 e. The number of imide groups is 1. The fourth-order valence-corrected chi connectivity index (χ4v) is 7.69. The van der Waals surface area contributed by atoms with Crippen LogP contribution in [-0.4, -0.2) is 72.8 Å². The zero-order valence-electron chi connectivity index (χ0n) is 26.1. The molecule has 0 bridgehead atoms. The molecule has 1 aromatic carbocycles. The third-order valence-electron chi connectivity index (χ3n) is 9.54. The highest BCUT2D eigenvalue weighted by atomic mass is 28.4. The zero-order chi connectivity index (χ0) is 31.0. The number of esters is 1. The number of ether oxygens (including phenoxy) is 2. The number of para-hydroxylation sites is 1. The molecule has 1 saturated heterocycles. The second-order valence-corrected chi connectivity index (χ2v) is 18.2. The molecule has 1 saturated carbocycles. The first kappa shape index (κ1) is 31.9. The second-order valence-electron chi connectivity index (χ2n) is 13.4. The van der Waals surface area contributed by atoms with Crippen LogP contribution in [0.2, 0.25) is 18.1 Å². The van der Waals surface area contributed by atoms with Gasteiger partial charge < -0.3 is 18.8 Å². The molecule has 9 nitrogen and oxygen atoms in total. The Labute approximate surface area is 250 Å². The molecule has 1 aliphatic carbocycles. The highest BCUT2D eigenvalue weighted by Crippen LogP contribution is 2.45. The molecular weight excluding hydrogens is 552 g/mol. The lowest BCUT2D eigenvalue weighted by atomic mass is 9.75. The van der Waals surface area contributed by atoms with Gasteiger partial charge in [0.05, 0.1) is 29.5 Å². The number of rotatable bonds is 9. The Morgan fingerprint density at radius 2 is 1.79 bits per heavy atom. The molecule has 3 amide bonds. The van der Waals surface area contributed by atoms with Gasteiger partial charge in [-0.3, -0.25) is 19.2 Å². The summed E-state index contributed by atoms with van der Waals surface area (Å²) in [7, 11) is -2.26. The molecule has 2 fully saturated rings. The Bertz CT molecular complexity index is 1230. The van der Waals surface area contributed by atoms with Crippen LogP contribution in [0.15, 0.2) is 36.9 Å². The van der Waals surface area contributed by atoms with Gasteiger partial charge in [0.15, 0.2) is 14.0 Å². The molecule has 2 heterocycles. The van der Waals surface area contributed by atoms with Gasteiger partial charge in [-0.25, -0.2) is 4.90 Å². The molecule has 42 heavy (non-hydrogen) atoms. The van der Waals surface area contributed by atoms with Crippen molar-refractivity contribution in [2.24, 2.45) is 11.8 Å². The third-order valence-corrected chi connectivity index (χ3v) is 14.1. The Hall–Kier alpha value is -2.98. The average Bonchev–Trinajstić information content (AvgIpc) is 2.92. The first-order valence-corrected chi connectivity index (χ1v) is 18.0. The lowest BCUT2D eigenvalue weighted by Gasteiger charge is -2.54. The number of hydrogen-bond acceptors (Lipinski definition) is 7. The Morgan fingerprint density at radius 1 is 1.14 bits per heavy atom. The number of β-lactam (4-membered cyclic amide) rings is 1. The number of nitrogens with zero attached hydrogens (tertiary/aromatic N) is 2. The molecular formula is C32H46N2O7Si. The average molecular weight is 599 g/mol. The van der Waals surface area contributed by atoms with E-state index in [0.717, 1.165) is 19.3 Å². The van der Waals surface area contributed by atoms with E-state index in [0.29, 0.717) is 24.2 Å². The molecule has 0 unspecified atom stereocenters. The van der Waals surface area contributed by atoms with Gasteiger partial charge >= 0.3 is 5.97 Å². The van der Waals surface area contributed by atoms with E-state index in [4.69, 9.17) is 13.9 Å². The van der Waals surface area contributed by atoms with E-state index < -0.39 is 49.9 Å². The highest BCUT2D eigenvalue weighted by molar-refractivity contribution is 6.74. The minimum absolute atomic E-state index is 0.0237. The molecule has 4 atom stereocenters.